The van der Waals surface area contributed by atoms with Crippen LogP contribution in [0.2, 0.25) is 0 Å². The van der Waals surface area contributed by atoms with E-state index >= 15 is 0 Å². The molecule has 58 valence electrons. The van der Waals surface area contributed by atoms with Crippen LogP contribution in [0.1, 0.15) is 6.92 Å². The molecule has 5 nitrogen and oxygen atoms in total. The van der Waals surface area contributed by atoms with Gasteiger partial charge in [-0.1, -0.05) is 0 Å². The van der Waals surface area contributed by atoms with Crippen LogP contribution in [0.5, 0.6) is 0 Å². The SMILES string of the molecule is CC(CN)(C(N)=O)C(=O)O. The van der Waals surface area contributed by atoms with Gasteiger partial charge in [0.15, 0.2) is 5.41 Å². The molecule has 0 aliphatic carbocycles. The molecule has 0 aliphatic heterocycles. The van der Waals surface area contributed by atoms with Gasteiger partial charge in [0.05, 0.1) is 0 Å². The van der Waals surface area contributed by atoms with Gasteiger partial charge in [0, 0.05) is 6.54 Å². The summed E-state index contributed by atoms with van der Waals surface area (Å²) in [4.78, 5) is 20.8. The maximum absolute atomic E-state index is 10.5. The summed E-state index contributed by atoms with van der Waals surface area (Å²) in [5.41, 5.74) is 8.18. The van der Waals surface area contributed by atoms with Crippen molar-refractivity contribution in [3.8, 4) is 0 Å². The maximum atomic E-state index is 10.5. The first-order valence-electron chi connectivity index (χ1n) is 2.68. The number of nitrogens with two attached hydrogens (primary N) is 2. The lowest BCUT2D eigenvalue weighted by Crippen LogP contribution is -2.46. The highest BCUT2D eigenvalue weighted by Crippen LogP contribution is 2.12. The predicted molar refractivity (Wildman–Crippen MR) is 34.0 cm³/mol. The third-order valence-corrected chi connectivity index (χ3v) is 1.42. The van der Waals surface area contributed by atoms with Gasteiger partial charge in [0.25, 0.3) is 0 Å². The predicted octanol–water partition coefficient (Wildman–Crippen LogP) is -1.48. The maximum Gasteiger partial charge on any atom is 0.320 e. The number of rotatable bonds is 3. The van der Waals surface area contributed by atoms with Crippen molar-refractivity contribution in [1.29, 1.82) is 0 Å². The number of carboxylic acid groups (broad SMARTS) is 1. The molecule has 0 aliphatic rings. The molecule has 10 heavy (non-hydrogen) atoms. The van der Waals surface area contributed by atoms with Crippen molar-refractivity contribution in [2.24, 2.45) is 16.9 Å². The standard InChI is InChI=1S/C5H10N2O3/c1-5(2-6,3(7)8)4(9)10/h2,6H2,1H3,(H2,7,8)(H,9,10). The molecule has 1 amide bonds. The number of carbonyl (C=O) groups is 2. The number of primary amides is 1. The summed E-state index contributed by atoms with van der Waals surface area (Å²) in [7, 11) is 0. The van der Waals surface area contributed by atoms with Crippen LogP contribution in [0.4, 0.5) is 0 Å². The fraction of sp³-hybridized carbons (Fsp3) is 0.600. The van der Waals surface area contributed by atoms with Gasteiger partial charge in [-0.3, -0.25) is 9.59 Å². The van der Waals surface area contributed by atoms with Crippen molar-refractivity contribution in [2.45, 2.75) is 6.92 Å². The molecular weight excluding hydrogens is 136 g/mol. The number of hydrogen-bond donors (Lipinski definition) is 3. The smallest absolute Gasteiger partial charge is 0.320 e. The Kier molecular flexibility index (Phi) is 2.36. The Bertz CT molecular complexity index is 152. The van der Waals surface area contributed by atoms with E-state index in [-0.39, 0.29) is 6.54 Å². The summed E-state index contributed by atoms with van der Waals surface area (Å²) in [6.45, 7) is 0.912. The number of aliphatic carboxylic acids is 1. The van der Waals surface area contributed by atoms with Gasteiger partial charge >= 0.3 is 5.97 Å². The van der Waals surface area contributed by atoms with Crippen LogP contribution >= 0.6 is 0 Å². The monoisotopic (exact) mass is 146 g/mol. The molecular formula is C5H10N2O3. The second kappa shape index (κ2) is 2.66. The minimum Gasteiger partial charge on any atom is -0.480 e. The molecule has 0 fully saturated rings. The Morgan fingerprint density at radius 2 is 2.00 bits per heavy atom. The highest BCUT2D eigenvalue weighted by Gasteiger charge is 2.37. The van der Waals surface area contributed by atoms with Crippen LogP contribution in [-0.4, -0.2) is 23.5 Å². The zero-order valence-electron chi connectivity index (χ0n) is 5.63. The van der Waals surface area contributed by atoms with Crippen LogP contribution in [0, 0.1) is 5.41 Å². The zero-order valence-corrected chi connectivity index (χ0v) is 5.63. The summed E-state index contributed by atoms with van der Waals surface area (Å²) in [6, 6.07) is 0. The Morgan fingerprint density at radius 1 is 1.60 bits per heavy atom. The van der Waals surface area contributed by atoms with E-state index in [1.807, 2.05) is 0 Å². The summed E-state index contributed by atoms with van der Waals surface area (Å²) in [5.74, 6) is -2.20. The number of amides is 1. The largest absolute Gasteiger partial charge is 0.480 e. The molecule has 0 rings (SSSR count). The van der Waals surface area contributed by atoms with Crippen LogP contribution in [0.3, 0.4) is 0 Å². The van der Waals surface area contributed by atoms with Crippen LogP contribution in [0.25, 0.3) is 0 Å². The molecule has 0 heterocycles. The average Bonchev–Trinajstić information content (AvgIpc) is 1.85. The normalized spacial score (nSPS) is 15.8. The first-order chi connectivity index (χ1) is 4.45. The molecule has 0 radical (unpaired) electrons. The Hall–Kier alpha value is -1.10. The lowest BCUT2D eigenvalue weighted by molar-refractivity contribution is -0.152. The molecule has 0 spiro atoms. The molecule has 0 aromatic rings. The van der Waals surface area contributed by atoms with Crippen molar-refractivity contribution in [2.75, 3.05) is 6.54 Å². The van der Waals surface area contributed by atoms with Crippen LogP contribution in [0.15, 0.2) is 0 Å². The second-order valence-corrected chi connectivity index (χ2v) is 2.21. The van der Waals surface area contributed by atoms with E-state index in [1.54, 1.807) is 0 Å². The van der Waals surface area contributed by atoms with E-state index in [9.17, 15) is 9.59 Å². The van der Waals surface area contributed by atoms with Crippen molar-refractivity contribution in [3.63, 3.8) is 0 Å². The highest BCUT2D eigenvalue weighted by molar-refractivity contribution is 6.00. The lowest BCUT2D eigenvalue weighted by atomic mass is 9.90. The quantitative estimate of drug-likeness (QED) is 0.422. The van der Waals surface area contributed by atoms with Crippen LogP contribution < -0.4 is 11.5 Å². The van der Waals surface area contributed by atoms with Gasteiger partial charge in [0.2, 0.25) is 5.91 Å². The fourth-order valence-electron chi connectivity index (χ4n) is 0.293. The second-order valence-electron chi connectivity index (χ2n) is 2.21. The minimum atomic E-state index is -1.62. The molecule has 1 unspecified atom stereocenters. The van der Waals surface area contributed by atoms with Gasteiger partial charge in [-0.05, 0) is 6.92 Å². The van der Waals surface area contributed by atoms with Crippen molar-refractivity contribution in [1.82, 2.24) is 0 Å². The lowest BCUT2D eigenvalue weighted by Gasteiger charge is -2.17. The van der Waals surface area contributed by atoms with Gasteiger partial charge in [0.1, 0.15) is 0 Å². The molecule has 0 bridgehead atoms. The summed E-state index contributed by atoms with van der Waals surface area (Å²) < 4.78 is 0. The summed E-state index contributed by atoms with van der Waals surface area (Å²) in [6.07, 6.45) is 0. The molecule has 0 aromatic carbocycles. The molecule has 0 saturated heterocycles. The minimum absolute atomic E-state index is 0.280. The van der Waals surface area contributed by atoms with Crippen molar-refractivity contribution < 1.29 is 14.7 Å². The third-order valence-electron chi connectivity index (χ3n) is 1.42. The van der Waals surface area contributed by atoms with E-state index in [4.69, 9.17) is 16.6 Å². The third kappa shape index (κ3) is 1.24. The van der Waals surface area contributed by atoms with Crippen molar-refractivity contribution >= 4 is 11.9 Å². The van der Waals surface area contributed by atoms with E-state index in [0.717, 1.165) is 0 Å². The van der Waals surface area contributed by atoms with Crippen LogP contribution in [-0.2, 0) is 9.59 Å². The zero-order chi connectivity index (χ0) is 8.36. The van der Waals surface area contributed by atoms with Gasteiger partial charge < -0.3 is 16.6 Å². The molecule has 5 heteroatoms. The van der Waals surface area contributed by atoms with E-state index in [2.05, 4.69) is 0 Å². The summed E-state index contributed by atoms with van der Waals surface area (Å²) >= 11 is 0. The van der Waals surface area contributed by atoms with Gasteiger partial charge in [-0.15, -0.1) is 0 Å². The Morgan fingerprint density at radius 3 is 2.00 bits per heavy atom. The molecule has 0 aromatic heterocycles. The van der Waals surface area contributed by atoms with Crippen molar-refractivity contribution in [3.05, 3.63) is 0 Å². The number of carboxylic acids is 1. The first kappa shape index (κ1) is 8.90. The first-order valence-corrected chi connectivity index (χ1v) is 2.68. The number of hydrogen-bond acceptors (Lipinski definition) is 3. The fourth-order valence-corrected chi connectivity index (χ4v) is 0.293. The Balaban J connectivity index is 4.55. The van der Waals surface area contributed by atoms with E-state index in [1.165, 1.54) is 6.92 Å². The van der Waals surface area contributed by atoms with Gasteiger partial charge in [-0.2, -0.15) is 0 Å². The number of carbonyl (C=O) groups excluding carboxylic acids is 1. The van der Waals surface area contributed by atoms with Gasteiger partial charge in [-0.25, -0.2) is 0 Å². The average molecular weight is 146 g/mol. The molecule has 1 atom stereocenters. The highest BCUT2D eigenvalue weighted by atomic mass is 16.4. The summed E-state index contributed by atoms with van der Waals surface area (Å²) in [5, 5.41) is 8.42. The van der Waals surface area contributed by atoms with E-state index < -0.39 is 17.3 Å². The van der Waals surface area contributed by atoms with E-state index in [0.29, 0.717) is 0 Å². The molecule has 0 saturated carbocycles. The topological polar surface area (TPSA) is 106 Å². The molecule has 5 N–H and O–H groups in total. The Labute approximate surface area is 58.0 Å².